The standard InChI is InChI=1S/C14H19BrN2O/c1-10(16)13(18)17-9-14(5-6-14)8-11-3-2-4-12(15)7-11/h2-4,7,10H,5-6,8-9,16H2,1H3,(H,17,18)/t10-/m0/s1. The number of halogens is 1. The Morgan fingerprint density at radius 1 is 1.56 bits per heavy atom. The zero-order valence-corrected chi connectivity index (χ0v) is 12.2. The smallest absolute Gasteiger partial charge is 0.236 e. The number of hydrogen-bond donors (Lipinski definition) is 2. The van der Waals surface area contributed by atoms with E-state index in [2.05, 4.69) is 39.4 Å². The second kappa shape index (κ2) is 5.41. The van der Waals surface area contributed by atoms with Gasteiger partial charge in [0, 0.05) is 11.0 Å². The van der Waals surface area contributed by atoms with Crippen molar-refractivity contribution >= 4 is 21.8 Å². The van der Waals surface area contributed by atoms with Gasteiger partial charge in [-0.05, 0) is 49.3 Å². The highest BCUT2D eigenvalue weighted by Gasteiger charge is 2.42. The molecule has 1 fully saturated rings. The fraction of sp³-hybridized carbons (Fsp3) is 0.500. The van der Waals surface area contributed by atoms with E-state index in [9.17, 15) is 4.79 Å². The van der Waals surface area contributed by atoms with Gasteiger partial charge in [-0.25, -0.2) is 0 Å². The Labute approximate surface area is 116 Å². The molecule has 2 rings (SSSR count). The average molecular weight is 311 g/mol. The summed E-state index contributed by atoms with van der Waals surface area (Å²) < 4.78 is 1.11. The van der Waals surface area contributed by atoms with Crippen molar-refractivity contribution < 1.29 is 4.79 Å². The summed E-state index contributed by atoms with van der Waals surface area (Å²) >= 11 is 3.49. The number of carbonyl (C=O) groups is 1. The lowest BCUT2D eigenvalue weighted by molar-refractivity contribution is -0.122. The molecule has 3 nitrogen and oxygen atoms in total. The van der Waals surface area contributed by atoms with Crippen LogP contribution < -0.4 is 11.1 Å². The van der Waals surface area contributed by atoms with Crippen LogP contribution in [0.1, 0.15) is 25.3 Å². The Balaban J connectivity index is 1.90. The molecular weight excluding hydrogens is 292 g/mol. The number of amides is 1. The summed E-state index contributed by atoms with van der Waals surface area (Å²) in [6.45, 7) is 2.45. The van der Waals surface area contributed by atoms with Crippen molar-refractivity contribution in [1.82, 2.24) is 5.32 Å². The molecule has 0 saturated heterocycles. The lowest BCUT2D eigenvalue weighted by atomic mass is 9.96. The normalized spacial score (nSPS) is 18.2. The highest BCUT2D eigenvalue weighted by Crippen LogP contribution is 2.47. The minimum absolute atomic E-state index is 0.0597. The van der Waals surface area contributed by atoms with Crippen LogP contribution in [0.5, 0.6) is 0 Å². The third-order valence-electron chi connectivity index (χ3n) is 3.48. The topological polar surface area (TPSA) is 55.1 Å². The van der Waals surface area contributed by atoms with E-state index in [1.54, 1.807) is 6.92 Å². The average Bonchev–Trinajstić information content (AvgIpc) is 3.06. The minimum Gasteiger partial charge on any atom is -0.354 e. The number of hydrogen-bond acceptors (Lipinski definition) is 2. The maximum atomic E-state index is 11.5. The fourth-order valence-electron chi connectivity index (χ4n) is 2.11. The highest BCUT2D eigenvalue weighted by molar-refractivity contribution is 9.10. The predicted molar refractivity (Wildman–Crippen MR) is 76.2 cm³/mol. The zero-order valence-electron chi connectivity index (χ0n) is 10.6. The first-order chi connectivity index (χ1) is 8.51. The van der Waals surface area contributed by atoms with Crippen LogP contribution in [-0.4, -0.2) is 18.5 Å². The van der Waals surface area contributed by atoms with Gasteiger partial charge in [0.25, 0.3) is 0 Å². The van der Waals surface area contributed by atoms with Crippen LogP contribution in [0.4, 0.5) is 0 Å². The Bertz CT molecular complexity index is 441. The molecule has 1 atom stereocenters. The van der Waals surface area contributed by atoms with Crippen LogP contribution in [0.15, 0.2) is 28.7 Å². The summed E-state index contributed by atoms with van der Waals surface area (Å²) in [5.74, 6) is -0.0597. The molecule has 98 valence electrons. The van der Waals surface area contributed by atoms with E-state index in [0.717, 1.165) is 17.4 Å². The lowest BCUT2D eigenvalue weighted by Gasteiger charge is -2.17. The zero-order chi connectivity index (χ0) is 13.2. The van der Waals surface area contributed by atoms with Gasteiger partial charge in [-0.3, -0.25) is 4.79 Å². The van der Waals surface area contributed by atoms with Crippen LogP contribution in [0, 0.1) is 5.41 Å². The van der Waals surface area contributed by atoms with E-state index in [0.29, 0.717) is 0 Å². The third kappa shape index (κ3) is 3.56. The number of nitrogens with one attached hydrogen (secondary N) is 1. The van der Waals surface area contributed by atoms with Crippen molar-refractivity contribution in [2.45, 2.75) is 32.2 Å². The van der Waals surface area contributed by atoms with Gasteiger partial charge in [-0.1, -0.05) is 28.1 Å². The maximum Gasteiger partial charge on any atom is 0.236 e. The van der Waals surface area contributed by atoms with E-state index in [4.69, 9.17) is 5.73 Å². The molecule has 1 aromatic rings. The van der Waals surface area contributed by atoms with E-state index in [1.165, 1.54) is 18.4 Å². The number of rotatable bonds is 5. The van der Waals surface area contributed by atoms with Gasteiger partial charge in [0.2, 0.25) is 5.91 Å². The summed E-state index contributed by atoms with van der Waals surface area (Å²) in [5.41, 5.74) is 7.11. The number of carbonyl (C=O) groups excluding carboxylic acids is 1. The molecule has 4 heteroatoms. The van der Waals surface area contributed by atoms with Crippen molar-refractivity contribution in [3.8, 4) is 0 Å². The fourth-order valence-corrected chi connectivity index (χ4v) is 2.56. The Kier molecular flexibility index (Phi) is 4.07. The van der Waals surface area contributed by atoms with Gasteiger partial charge < -0.3 is 11.1 Å². The Hall–Kier alpha value is -0.870. The summed E-state index contributed by atoms with van der Waals surface area (Å²) in [4.78, 5) is 11.5. The summed E-state index contributed by atoms with van der Waals surface area (Å²) in [5, 5.41) is 2.94. The predicted octanol–water partition coefficient (Wildman–Crippen LogP) is 2.24. The van der Waals surface area contributed by atoms with Crippen LogP contribution in [-0.2, 0) is 11.2 Å². The van der Waals surface area contributed by atoms with Crippen molar-refractivity contribution in [3.05, 3.63) is 34.3 Å². The molecule has 1 aliphatic rings. The van der Waals surface area contributed by atoms with Crippen LogP contribution in [0.2, 0.25) is 0 Å². The molecule has 1 aromatic carbocycles. The molecule has 1 aliphatic carbocycles. The van der Waals surface area contributed by atoms with Crippen LogP contribution in [0.3, 0.4) is 0 Å². The van der Waals surface area contributed by atoms with Crippen molar-refractivity contribution in [1.29, 1.82) is 0 Å². The first-order valence-electron chi connectivity index (χ1n) is 6.29. The van der Waals surface area contributed by atoms with Gasteiger partial charge in [-0.15, -0.1) is 0 Å². The van der Waals surface area contributed by atoms with E-state index in [-0.39, 0.29) is 11.3 Å². The third-order valence-corrected chi connectivity index (χ3v) is 3.97. The molecule has 1 saturated carbocycles. The molecule has 3 N–H and O–H groups in total. The summed E-state index contributed by atoms with van der Waals surface area (Å²) in [6.07, 6.45) is 3.38. The van der Waals surface area contributed by atoms with E-state index in [1.807, 2.05) is 6.07 Å². The minimum atomic E-state index is -0.424. The summed E-state index contributed by atoms with van der Waals surface area (Å²) in [7, 11) is 0. The van der Waals surface area contributed by atoms with Crippen molar-refractivity contribution in [2.24, 2.45) is 11.1 Å². The number of benzene rings is 1. The van der Waals surface area contributed by atoms with Gasteiger partial charge in [0.15, 0.2) is 0 Å². The molecular formula is C14H19BrN2O. The summed E-state index contributed by atoms with van der Waals surface area (Å²) in [6, 6.07) is 7.94. The first kappa shape index (κ1) is 13.6. The van der Waals surface area contributed by atoms with E-state index < -0.39 is 6.04 Å². The molecule has 0 bridgehead atoms. The molecule has 0 unspecified atom stereocenters. The molecule has 0 aliphatic heterocycles. The Morgan fingerprint density at radius 2 is 2.28 bits per heavy atom. The molecule has 0 radical (unpaired) electrons. The van der Waals surface area contributed by atoms with Gasteiger partial charge in [0.1, 0.15) is 0 Å². The number of nitrogens with two attached hydrogens (primary N) is 1. The Morgan fingerprint density at radius 3 is 2.83 bits per heavy atom. The second-order valence-corrected chi connectivity index (χ2v) is 6.23. The van der Waals surface area contributed by atoms with Crippen molar-refractivity contribution in [3.63, 3.8) is 0 Å². The van der Waals surface area contributed by atoms with Crippen LogP contribution >= 0.6 is 15.9 Å². The molecule has 1 amide bonds. The van der Waals surface area contributed by atoms with Gasteiger partial charge in [-0.2, -0.15) is 0 Å². The maximum absolute atomic E-state index is 11.5. The van der Waals surface area contributed by atoms with Gasteiger partial charge >= 0.3 is 0 Å². The quantitative estimate of drug-likeness (QED) is 0.876. The SMILES string of the molecule is C[C@H](N)C(=O)NCC1(Cc2cccc(Br)c2)CC1. The molecule has 18 heavy (non-hydrogen) atoms. The van der Waals surface area contributed by atoms with Gasteiger partial charge in [0.05, 0.1) is 6.04 Å². The highest BCUT2D eigenvalue weighted by atomic mass is 79.9. The second-order valence-electron chi connectivity index (χ2n) is 5.31. The van der Waals surface area contributed by atoms with Crippen molar-refractivity contribution in [2.75, 3.05) is 6.54 Å². The molecule has 0 heterocycles. The monoisotopic (exact) mass is 310 g/mol. The van der Waals surface area contributed by atoms with E-state index >= 15 is 0 Å². The molecule has 0 spiro atoms. The van der Waals surface area contributed by atoms with Crippen LogP contribution in [0.25, 0.3) is 0 Å². The lowest BCUT2D eigenvalue weighted by Crippen LogP contribution is -2.41. The largest absolute Gasteiger partial charge is 0.354 e. The molecule has 0 aromatic heterocycles. The first-order valence-corrected chi connectivity index (χ1v) is 7.08.